The molecule has 0 saturated carbocycles. The molecule has 1 fully saturated rings. The third-order valence-electron chi connectivity index (χ3n) is 2.98. The molecular weight excluding hydrogens is 194 g/mol. The van der Waals surface area contributed by atoms with Gasteiger partial charge in [-0.05, 0) is 48.1 Å². The van der Waals surface area contributed by atoms with Gasteiger partial charge >= 0.3 is 0 Å². The van der Waals surface area contributed by atoms with Crippen molar-refractivity contribution in [1.82, 2.24) is 0 Å². The number of thiophene rings is 1. The van der Waals surface area contributed by atoms with E-state index in [2.05, 4.69) is 16.8 Å². The Morgan fingerprint density at radius 3 is 2.86 bits per heavy atom. The van der Waals surface area contributed by atoms with Crippen LogP contribution in [0.2, 0.25) is 0 Å². The molecule has 1 aromatic rings. The summed E-state index contributed by atoms with van der Waals surface area (Å²) in [5.74, 6) is 0. The van der Waals surface area contributed by atoms with Crippen molar-refractivity contribution in [3.05, 3.63) is 22.4 Å². The van der Waals surface area contributed by atoms with Crippen LogP contribution in [0.5, 0.6) is 0 Å². The topological polar surface area (TPSA) is 35.2 Å². The second-order valence-electron chi connectivity index (χ2n) is 4.11. The van der Waals surface area contributed by atoms with E-state index in [0.717, 1.165) is 38.9 Å². The summed E-state index contributed by atoms with van der Waals surface area (Å²) in [6.07, 6.45) is 4.22. The molecular formula is C11H17NOS. The lowest BCUT2D eigenvalue weighted by Gasteiger charge is -2.33. The predicted molar refractivity (Wildman–Crippen MR) is 59.6 cm³/mol. The quantitative estimate of drug-likeness (QED) is 0.831. The first-order valence-corrected chi connectivity index (χ1v) is 6.11. The van der Waals surface area contributed by atoms with Crippen LogP contribution in [0, 0.1) is 0 Å². The Kier molecular flexibility index (Phi) is 3.21. The van der Waals surface area contributed by atoms with Crippen molar-refractivity contribution < 1.29 is 4.74 Å². The average Bonchev–Trinajstić information content (AvgIpc) is 2.69. The van der Waals surface area contributed by atoms with Crippen molar-refractivity contribution in [2.24, 2.45) is 5.73 Å². The molecule has 0 amide bonds. The minimum absolute atomic E-state index is 0.0280. The number of aryl methyl sites for hydroxylation is 1. The zero-order valence-corrected chi connectivity index (χ0v) is 9.19. The van der Waals surface area contributed by atoms with Gasteiger partial charge in [0.15, 0.2) is 0 Å². The summed E-state index contributed by atoms with van der Waals surface area (Å²) in [6, 6.07) is 2.19. The van der Waals surface area contributed by atoms with Gasteiger partial charge in [0.25, 0.3) is 0 Å². The van der Waals surface area contributed by atoms with Gasteiger partial charge in [0.1, 0.15) is 0 Å². The molecule has 0 aromatic carbocycles. The van der Waals surface area contributed by atoms with Gasteiger partial charge in [-0.2, -0.15) is 11.3 Å². The van der Waals surface area contributed by atoms with Crippen LogP contribution in [0.25, 0.3) is 0 Å². The van der Waals surface area contributed by atoms with E-state index in [0.29, 0.717) is 0 Å². The first-order chi connectivity index (χ1) is 6.79. The zero-order chi connectivity index (χ0) is 9.86. The summed E-state index contributed by atoms with van der Waals surface area (Å²) >= 11 is 1.76. The molecule has 1 aliphatic rings. The van der Waals surface area contributed by atoms with Gasteiger partial charge in [-0.3, -0.25) is 0 Å². The number of nitrogens with two attached hydrogens (primary N) is 1. The normalized spacial score (nSPS) is 20.9. The lowest BCUT2D eigenvalue weighted by molar-refractivity contribution is 0.0503. The highest BCUT2D eigenvalue weighted by molar-refractivity contribution is 7.07. The van der Waals surface area contributed by atoms with E-state index in [1.54, 1.807) is 11.3 Å². The standard InChI is InChI=1S/C11H17NOS/c12-11(4-6-13-7-5-11)3-1-10-2-8-14-9-10/h2,8-9H,1,3-7,12H2. The Bertz CT molecular complexity index is 265. The van der Waals surface area contributed by atoms with Crippen LogP contribution in [0.15, 0.2) is 16.8 Å². The van der Waals surface area contributed by atoms with Gasteiger partial charge in [0, 0.05) is 18.8 Å². The molecule has 1 aliphatic heterocycles. The number of ether oxygens (including phenoxy) is 1. The molecule has 0 aliphatic carbocycles. The molecule has 0 spiro atoms. The molecule has 2 rings (SSSR count). The Balaban J connectivity index is 1.84. The molecule has 3 heteroatoms. The fourth-order valence-electron chi connectivity index (χ4n) is 1.86. The monoisotopic (exact) mass is 211 g/mol. The van der Waals surface area contributed by atoms with Gasteiger partial charge in [0.05, 0.1) is 0 Å². The van der Waals surface area contributed by atoms with E-state index in [4.69, 9.17) is 10.5 Å². The van der Waals surface area contributed by atoms with Gasteiger partial charge < -0.3 is 10.5 Å². The summed E-state index contributed by atoms with van der Waals surface area (Å²) in [4.78, 5) is 0. The second kappa shape index (κ2) is 4.43. The molecule has 78 valence electrons. The van der Waals surface area contributed by atoms with E-state index in [-0.39, 0.29) is 5.54 Å². The maximum Gasteiger partial charge on any atom is 0.0483 e. The first-order valence-electron chi connectivity index (χ1n) is 5.16. The second-order valence-corrected chi connectivity index (χ2v) is 4.89. The Labute approximate surface area is 89.1 Å². The molecule has 14 heavy (non-hydrogen) atoms. The van der Waals surface area contributed by atoms with E-state index in [9.17, 15) is 0 Å². The summed E-state index contributed by atoms with van der Waals surface area (Å²) in [6.45, 7) is 1.67. The lowest BCUT2D eigenvalue weighted by Crippen LogP contribution is -2.45. The van der Waals surface area contributed by atoms with Crippen LogP contribution in [0.3, 0.4) is 0 Å². The smallest absolute Gasteiger partial charge is 0.0483 e. The number of hydrogen-bond acceptors (Lipinski definition) is 3. The fraction of sp³-hybridized carbons (Fsp3) is 0.636. The third-order valence-corrected chi connectivity index (χ3v) is 3.71. The summed E-state index contributed by atoms with van der Waals surface area (Å²) in [5.41, 5.74) is 7.75. The molecule has 1 saturated heterocycles. The van der Waals surface area contributed by atoms with Gasteiger partial charge in [-0.1, -0.05) is 0 Å². The van der Waals surface area contributed by atoms with Crippen molar-refractivity contribution >= 4 is 11.3 Å². The molecule has 1 aromatic heterocycles. The first kappa shape index (κ1) is 10.1. The fourth-order valence-corrected chi connectivity index (χ4v) is 2.56. The molecule has 0 atom stereocenters. The highest BCUT2D eigenvalue weighted by Gasteiger charge is 2.27. The van der Waals surface area contributed by atoms with E-state index < -0.39 is 0 Å². The minimum Gasteiger partial charge on any atom is -0.381 e. The highest BCUT2D eigenvalue weighted by atomic mass is 32.1. The Morgan fingerprint density at radius 1 is 1.43 bits per heavy atom. The van der Waals surface area contributed by atoms with E-state index in [1.807, 2.05) is 0 Å². The SMILES string of the molecule is NC1(CCc2ccsc2)CCOCC1. The van der Waals surface area contributed by atoms with Crippen LogP contribution < -0.4 is 5.73 Å². The van der Waals surface area contributed by atoms with Crippen molar-refractivity contribution in [1.29, 1.82) is 0 Å². The zero-order valence-electron chi connectivity index (χ0n) is 8.37. The Morgan fingerprint density at radius 2 is 2.21 bits per heavy atom. The van der Waals surface area contributed by atoms with Crippen LogP contribution in [-0.2, 0) is 11.2 Å². The summed E-state index contributed by atoms with van der Waals surface area (Å²) in [5, 5.41) is 4.34. The van der Waals surface area contributed by atoms with Crippen molar-refractivity contribution in [3.8, 4) is 0 Å². The van der Waals surface area contributed by atoms with Crippen LogP contribution in [0.4, 0.5) is 0 Å². The van der Waals surface area contributed by atoms with Crippen LogP contribution >= 0.6 is 11.3 Å². The molecule has 2 nitrogen and oxygen atoms in total. The van der Waals surface area contributed by atoms with Crippen molar-refractivity contribution in [3.63, 3.8) is 0 Å². The minimum atomic E-state index is 0.0280. The van der Waals surface area contributed by atoms with Gasteiger partial charge in [-0.15, -0.1) is 0 Å². The molecule has 2 heterocycles. The predicted octanol–water partition coefficient (Wildman–Crippen LogP) is 2.19. The number of hydrogen-bond donors (Lipinski definition) is 1. The van der Waals surface area contributed by atoms with Crippen LogP contribution in [0.1, 0.15) is 24.8 Å². The highest BCUT2D eigenvalue weighted by Crippen LogP contribution is 2.23. The molecule has 0 radical (unpaired) electrons. The molecule has 2 N–H and O–H groups in total. The lowest BCUT2D eigenvalue weighted by atomic mass is 9.86. The Hall–Kier alpha value is -0.380. The van der Waals surface area contributed by atoms with Crippen LogP contribution in [-0.4, -0.2) is 18.8 Å². The number of rotatable bonds is 3. The maximum absolute atomic E-state index is 6.30. The van der Waals surface area contributed by atoms with Gasteiger partial charge in [-0.25, -0.2) is 0 Å². The van der Waals surface area contributed by atoms with Gasteiger partial charge in [0.2, 0.25) is 0 Å². The van der Waals surface area contributed by atoms with E-state index in [1.165, 1.54) is 5.56 Å². The molecule has 0 bridgehead atoms. The van der Waals surface area contributed by atoms with Crippen molar-refractivity contribution in [2.45, 2.75) is 31.2 Å². The summed E-state index contributed by atoms with van der Waals surface area (Å²) in [7, 11) is 0. The van der Waals surface area contributed by atoms with Crippen molar-refractivity contribution in [2.75, 3.05) is 13.2 Å². The largest absolute Gasteiger partial charge is 0.381 e. The third kappa shape index (κ3) is 2.56. The molecule has 0 unspecified atom stereocenters. The summed E-state index contributed by atoms with van der Waals surface area (Å²) < 4.78 is 5.32. The average molecular weight is 211 g/mol. The maximum atomic E-state index is 6.30. The van der Waals surface area contributed by atoms with E-state index >= 15 is 0 Å².